The van der Waals surface area contributed by atoms with E-state index in [0.717, 1.165) is 23.0 Å². The molecule has 0 spiro atoms. The van der Waals surface area contributed by atoms with Gasteiger partial charge in [-0.2, -0.15) is 0 Å². The van der Waals surface area contributed by atoms with Crippen LogP contribution in [0.1, 0.15) is 40.9 Å². The van der Waals surface area contributed by atoms with Gasteiger partial charge in [-0.25, -0.2) is 0 Å². The Morgan fingerprint density at radius 2 is 2.10 bits per heavy atom. The number of nitrogens with zero attached hydrogens (tertiary/aromatic N) is 2. The summed E-state index contributed by atoms with van der Waals surface area (Å²) in [7, 11) is 1.96. The minimum atomic E-state index is 0.111. The van der Waals surface area contributed by atoms with Crippen LogP contribution in [0.25, 0.3) is 0 Å². The molecular formula is C15H19N3OS. The predicted octanol–water partition coefficient (Wildman–Crippen LogP) is 2.74. The average molecular weight is 289 g/mol. The second kappa shape index (κ2) is 5.99. The highest BCUT2D eigenvalue weighted by atomic mass is 32.1. The lowest BCUT2D eigenvalue weighted by atomic mass is 10.0. The normalized spacial score (nSPS) is 23.9. The first-order valence-electron chi connectivity index (χ1n) is 6.96. The number of ether oxygens (including phenoxy) is 1. The Hall–Kier alpha value is -1.30. The highest BCUT2D eigenvalue weighted by molar-refractivity contribution is 7.11. The summed E-state index contributed by atoms with van der Waals surface area (Å²) in [5, 5.41) is 14.2. The van der Waals surface area contributed by atoms with Crippen molar-refractivity contribution >= 4 is 11.3 Å². The van der Waals surface area contributed by atoms with Crippen LogP contribution in [-0.2, 0) is 4.74 Å². The highest BCUT2D eigenvalue weighted by Crippen LogP contribution is 2.35. The molecule has 3 rings (SSSR count). The van der Waals surface area contributed by atoms with E-state index in [4.69, 9.17) is 4.74 Å². The third-order valence-electron chi connectivity index (χ3n) is 3.82. The SMILES string of the molecule is CNC(c1ccccc1)c1nnc(C2CCOC2C)s1. The zero-order valence-electron chi connectivity index (χ0n) is 11.7. The van der Waals surface area contributed by atoms with Crippen molar-refractivity contribution < 1.29 is 4.74 Å². The minimum Gasteiger partial charge on any atom is -0.378 e. The fourth-order valence-corrected chi connectivity index (χ4v) is 3.86. The van der Waals surface area contributed by atoms with Gasteiger partial charge in [0.05, 0.1) is 12.1 Å². The predicted molar refractivity (Wildman–Crippen MR) is 80.0 cm³/mol. The van der Waals surface area contributed by atoms with Gasteiger partial charge in [0, 0.05) is 12.5 Å². The van der Waals surface area contributed by atoms with Gasteiger partial charge >= 0.3 is 0 Å². The molecule has 2 heterocycles. The van der Waals surface area contributed by atoms with Gasteiger partial charge in [0.15, 0.2) is 0 Å². The first-order chi connectivity index (χ1) is 9.79. The quantitative estimate of drug-likeness (QED) is 0.940. The molecule has 20 heavy (non-hydrogen) atoms. The van der Waals surface area contributed by atoms with Crippen LogP contribution in [0.2, 0.25) is 0 Å². The molecule has 1 aliphatic heterocycles. The van der Waals surface area contributed by atoms with E-state index in [-0.39, 0.29) is 12.1 Å². The molecule has 1 saturated heterocycles. The zero-order valence-corrected chi connectivity index (χ0v) is 12.6. The lowest BCUT2D eigenvalue weighted by Gasteiger charge is -2.13. The Labute approximate surface area is 123 Å². The van der Waals surface area contributed by atoms with Gasteiger partial charge < -0.3 is 10.1 Å². The van der Waals surface area contributed by atoms with Gasteiger partial charge in [0.1, 0.15) is 10.0 Å². The minimum absolute atomic E-state index is 0.111. The fourth-order valence-electron chi connectivity index (χ4n) is 2.65. The van der Waals surface area contributed by atoms with Crippen LogP contribution >= 0.6 is 11.3 Å². The van der Waals surface area contributed by atoms with Crippen LogP contribution in [0.3, 0.4) is 0 Å². The number of benzene rings is 1. The lowest BCUT2D eigenvalue weighted by molar-refractivity contribution is 0.118. The molecule has 3 atom stereocenters. The Balaban J connectivity index is 1.85. The summed E-state index contributed by atoms with van der Waals surface area (Å²) in [4.78, 5) is 0. The van der Waals surface area contributed by atoms with Gasteiger partial charge in [0.25, 0.3) is 0 Å². The third kappa shape index (κ3) is 2.61. The monoisotopic (exact) mass is 289 g/mol. The number of rotatable bonds is 4. The molecule has 2 aromatic rings. The van der Waals surface area contributed by atoms with Crippen LogP contribution in [0.5, 0.6) is 0 Å². The van der Waals surface area contributed by atoms with Gasteiger partial charge in [0.2, 0.25) is 0 Å². The maximum Gasteiger partial charge on any atom is 0.139 e. The standard InChI is InChI=1S/C15H19N3OS/c1-10-12(8-9-19-10)14-17-18-15(20-14)13(16-2)11-6-4-3-5-7-11/h3-7,10,12-13,16H,8-9H2,1-2H3. The van der Waals surface area contributed by atoms with Gasteiger partial charge in [-0.05, 0) is 26.0 Å². The summed E-state index contributed by atoms with van der Waals surface area (Å²) in [5.74, 6) is 0.398. The van der Waals surface area contributed by atoms with Gasteiger partial charge in [-0.15, -0.1) is 10.2 Å². The summed E-state index contributed by atoms with van der Waals surface area (Å²) in [5.41, 5.74) is 1.22. The Kier molecular flexibility index (Phi) is 4.10. The molecule has 0 amide bonds. The van der Waals surface area contributed by atoms with Crippen molar-refractivity contribution in [3.05, 3.63) is 45.9 Å². The smallest absolute Gasteiger partial charge is 0.139 e. The maximum absolute atomic E-state index is 5.62. The van der Waals surface area contributed by atoms with Crippen molar-refractivity contribution in [1.29, 1.82) is 0 Å². The first kappa shape index (κ1) is 13.7. The third-order valence-corrected chi connectivity index (χ3v) is 4.94. The molecule has 3 unspecified atom stereocenters. The van der Waals surface area contributed by atoms with Crippen LogP contribution < -0.4 is 5.32 Å². The molecule has 4 nitrogen and oxygen atoms in total. The van der Waals surface area contributed by atoms with Crippen molar-refractivity contribution in [2.45, 2.75) is 31.4 Å². The molecule has 1 fully saturated rings. The molecule has 106 valence electrons. The molecule has 1 aromatic heterocycles. The maximum atomic E-state index is 5.62. The number of hydrogen-bond donors (Lipinski definition) is 1. The Morgan fingerprint density at radius 1 is 1.30 bits per heavy atom. The number of nitrogens with one attached hydrogen (secondary N) is 1. The van der Waals surface area contributed by atoms with Crippen molar-refractivity contribution in [2.75, 3.05) is 13.7 Å². The van der Waals surface area contributed by atoms with Crippen molar-refractivity contribution in [1.82, 2.24) is 15.5 Å². The summed E-state index contributed by atoms with van der Waals surface area (Å²) >= 11 is 1.70. The average Bonchev–Trinajstić information content (AvgIpc) is 3.10. The molecule has 0 aliphatic carbocycles. The summed E-state index contributed by atoms with van der Waals surface area (Å²) in [6, 6.07) is 10.5. The zero-order chi connectivity index (χ0) is 13.9. The number of hydrogen-bond acceptors (Lipinski definition) is 5. The first-order valence-corrected chi connectivity index (χ1v) is 7.78. The summed E-state index contributed by atoms with van der Waals surface area (Å²) < 4.78 is 5.62. The van der Waals surface area contributed by atoms with E-state index < -0.39 is 0 Å². The molecule has 0 bridgehead atoms. The van der Waals surface area contributed by atoms with Crippen LogP contribution in [0, 0.1) is 0 Å². The van der Waals surface area contributed by atoms with E-state index in [1.54, 1.807) is 11.3 Å². The molecule has 0 radical (unpaired) electrons. The molecule has 1 aromatic carbocycles. The topological polar surface area (TPSA) is 47.0 Å². The summed E-state index contributed by atoms with van der Waals surface area (Å²) in [6.45, 7) is 2.94. The molecule has 1 N–H and O–H groups in total. The molecule has 0 saturated carbocycles. The molecule has 1 aliphatic rings. The van der Waals surface area contributed by atoms with Gasteiger partial charge in [-0.3, -0.25) is 0 Å². The van der Waals surface area contributed by atoms with Gasteiger partial charge in [-0.1, -0.05) is 41.7 Å². The lowest BCUT2D eigenvalue weighted by Crippen LogP contribution is -2.17. The van der Waals surface area contributed by atoms with Crippen LogP contribution in [0.4, 0.5) is 0 Å². The van der Waals surface area contributed by atoms with E-state index in [0.29, 0.717) is 5.92 Å². The second-order valence-corrected chi connectivity index (χ2v) is 6.12. The number of aromatic nitrogens is 2. The second-order valence-electron chi connectivity index (χ2n) is 5.08. The van der Waals surface area contributed by atoms with Crippen molar-refractivity contribution in [3.8, 4) is 0 Å². The van der Waals surface area contributed by atoms with E-state index in [9.17, 15) is 0 Å². The van der Waals surface area contributed by atoms with E-state index in [1.807, 2.05) is 13.1 Å². The van der Waals surface area contributed by atoms with Crippen LogP contribution in [0.15, 0.2) is 30.3 Å². The molecule has 5 heteroatoms. The Morgan fingerprint density at radius 3 is 2.75 bits per heavy atom. The highest BCUT2D eigenvalue weighted by Gasteiger charge is 2.30. The van der Waals surface area contributed by atoms with Crippen LogP contribution in [-0.4, -0.2) is 30.0 Å². The van der Waals surface area contributed by atoms with E-state index in [2.05, 4.69) is 46.7 Å². The van der Waals surface area contributed by atoms with E-state index in [1.165, 1.54) is 5.56 Å². The largest absolute Gasteiger partial charge is 0.378 e. The Bertz CT molecular complexity index is 557. The van der Waals surface area contributed by atoms with E-state index >= 15 is 0 Å². The van der Waals surface area contributed by atoms with Crippen molar-refractivity contribution in [3.63, 3.8) is 0 Å². The van der Waals surface area contributed by atoms with Crippen molar-refractivity contribution in [2.24, 2.45) is 0 Å². The summed E-state index contributed by atoms with van der Waals surface area (Å²) in [6.07, 6.45) is 1.30. The molecular weight excluding hydrogens is 270 g/mol. The fraction of sp³-hybridized carbons (Fsp3) is 0.467.